The summed E-state index contributed by atoms with van der Waals surface area (Å²) in [6.45, 7) is 5.98. The molecule has 0 saturated carbocycles. The highest BCUT2D eigenvalue weighted by atomic mass is 79.9. The molecule has 25 heavy (non-hydrogen) atoms. The van der Waals surface area contributed by atoms with Gasteiger partial charge in [0.15, 0.2) is 5.16 Å². The zero-order valence-corrected chi connectivity index (χ0v) is 17.4. The lowest BCUT2D eigenvalue weighted by Crippen LogP contribution is -2.23. The van der Waals surface area contributed by atoms with Crippen LogP contribution in [0.4, 0.5) is 5.69 Å². The molecule has 2 N–H and O–H groups in total. The van der Waals surface area contributed by atoms with E-state index in [1.54, 1.807) is 18.7 Å². The molecule has 2 aromatic rings. The van der Waals surface area contributed by atoms with Crippen LogP contribution in [0.3, 0.4) is 0 Å². The van der Waals surface area contributed by atoms with E-state index in [1.807, 2.05) is 24.3 Å². The van der Waals surface area contributed by atoms with Crippen molar-refractivity contribution in [2.24, 2.45) is 0 Å². The van der Waals surface area contributed by atoms with Gasteiger partial charge in [-0.2, -0.15) is 11.8 Å². The summed E-state index contributed by atoms with van der Waals surface area (Å²) >= 11 is 6.32. The van der Waals surface area contributed by atoms with E-state index in [2.05, 4.69) is 45.1 Å². The summed E-state index contributed by atoms with van der Waals surface area (Å²) in [5.74, 6) is 0.533. The Balaban J connectivity index is 2.01. The number of aromatic amines is 1. The van der Waals surface area contributed by atoms with Crippen molar-refractivity contribution < 1.29 is 4.79 Å². The Bertz CT molecular complexity index is 778. The highest BCUT2D eigenvalue weighted by Crippen LogP contribution is 2.22. The number of benzene rings is 1. The number of halogens is 1. The third kappa shape index (κ3) is 6.87. The van der Waals surface area contributed by atoms with E-state index in [9.17, 15) is 9.59 Å². The van der Waals surface area contributed by atoms with Crippen LogP contribution < -0.4 is 10.9 Å². The molecule has 1 heterocycles. The maximum atomic E-state index is 12.3. The Hall–Kier alpha value is -1.25. The zero-order chi connectivity index (χ0) is 18.4. The molecular weight excluding hydrogens is 422 g/mol. The molecule has 0 radical (unpaired) electrons. The average Bonchev–Trinajstić information content (AvgIpc) is 2.54. The van der Waals surface area contributed by atoms with Crippen LogP contribution in [0.25, 0.3) is 0 Å². The number of hydrogen-bond acceptors (Lipinski definition) is 5. The van der Waals surface area contributed by atoms with Gasteiger partial charge in [-0.3, -0.25) is 9.59 Å². The fourth-order valence-corrected chi connectivity index (χ4v) is 3.61. The van der Waals surface area contributed by atoms with Crippen molar-refractivity contribution in [2.45, 2.75) is 42.2 Å². The monoisotopic (exact) mass is 441 g/mol. The SMILES string of the molecule is CC(C)SCc1cc(=O)[nH]c(SC(C)C(=O)Nc2ccc(Br)cc2)n1. The van der Waals surface area contributed by atoms with E-state index in [1.165, 1.54) is 17.8 Å². The van der Waals surface area contributed by atoms with Gasteiger partial charge in [-0.15, -0.1) is 0 Å². The van der Waals surface area contributed by atoms with Crippen LogP contribution in [-0.4, -0.2) is 26.4 Å². The zero-order valence-electron chi connectivity index (χ0n) is 14.2. The van der Waals surface area contributed by atoms with Crippen LogP contribution >= 0.6 is 39.5 Å². The van der Waals surface area contributed by atoms with Crippen molar-refractivity contribution in [3.05, 3.63) is 50.9 Å². The third-order valence-corrected chi connectivity index (χ3v) is 5.75. The van der Waals surface area contributed by atoms with Crippen LogP contribution in [0.2, 0.25) is 0 Å². The van der Waals surface area contributed by atoms with Gasteiger partial charge in [-0.1, -0.05) is 41.5 Å². The first kappa shape index (κ1) is 20.1. The van der Waals surface area contributed by atoms with E-state index >= 15 is 0 Å². The number of carbonyl (C=O) groups excluding carboxylic acids is 1. The second-order valence-corrected chi connectivity index (χ2v) is 9.47. The number of hydrogen-bond donors (Lipinski definition) is 2. The summed E-state index contributed by atoms with van der Waals surface area (Å²) in [5.41, 5.74) is 1.26. The number of amides is 1. The number of carbonyl (C=O) groups is 1. The van der Waals surface area contributed by atoms with E-state index in [-0.39, 0.29) is 16.7 Å². The van der Waals surface area contributed by atoms with Crippen molar-refractivity contribution in [3.63, 3.8) is 0 Å². The van der Waals surface area contributed by atoms with Crippen LogP contribution in [0.5, 0.6) is 0 Å². The van der Waals surface area contributed by atoms with Crippen molar-refractivity contribution in [3.8, 4) is 0 Å². The van der Waals surface area contributed by atoms with E-state index < -0.39 is 0 Å². The molecule has 8 heteroatoms. The van der Waals surface area contributed by atoms with Gasteiger partial charge in [-0.05, 0) is 36.4 Å². The number of nitrogens with one attached hydrogen (secondary N) is 2. The average molecular weight is 442 g/mol. The summed E-state index contributed by atoms with van der Waals surface area (Å²) < 4.78 is 0.950. The molecule has 0 aliphatic heterocycles. The van der Waals surface area contributed by atoms with Crippen LogP contribution in [0, 0.1) is 0 Å². The van der Waals surface area contributed by atoms with Crippen LogP contribution in [0.1, 0.15) is 26.5 Å². The highest BCUT2D eigenvalue weighted by molar-refractivity contribution is 9.10. The molecule has 5 nitrogen and oxygen atoms in total. The number of nitrogens with zero attached hydrogens (tertiary/aromatic N) is 1. The van der Waals surface area contributed by atoms with Gasteiger partial charge in [0.1, 0.15) is 0 Å². The fourth-order valence-electron chi connectivity index (χ4n) is 1.86. The summed E-state index contributed by atoms with van der Waals surface area (Å²) in [5, 5.41) is 3.39. The summed E-state index contributed by atoms with van der Waals surface area (Å²) in [6, 6.07) is 8.88. The quantitative estimate of drug-likeness (QED) is 0.494. The molecule has 2 rings (SSSR count). The number of aromatic nitrogens is 2. The highest BCUT2D eigenvalue weighted by Gasteiger charge is 2.16. The van der Waals surface area contributed by atoms with Crippen LogP contribution in [-0.2, 0) is 10.5 Å². The predicted molar refractivity (Wildman–Crippen MR) is 109 cm³/mol. The Kier molecular flexibility index (Phi) is 7.58. The molecule has 0 aliphatic carbocycles. The van der Waals surface area contributed by atoms with Crippen molar-refractivity contribution in [2.75, 3.05) is 5.32 Å². The smallest absolute Gasteiger partial charge is 0.251 e. The first-order chi connectivity index (χ1) is 11.8. The van der Waals surface area contributed by atoms with Gasteiger partial charge >= 0.3 is 0 Å². The topological polar surface area (TPSA) is 74.8 Å². The van der Waals surface area contributed by atoms with Gasteiger partial charge < -0.3 is 10.3 Å². The molecule has 0 spiro atoms. The number of anilines is 1. The molecule has 1 unspecified atom stereocenters. The molecule has 134 valence electrons. The maximum Gasteiger partial charge on any atom is 0.251 e. The molecule has 0 bridgehead atoms. The van der Waals surface area contributed by atoms with Crippen molar-refractivity contribution in [1.82, 2.24) is 9.97 Å². The largest absolute Gasteiger partial charge is 0.325 e. The number of H-pyrrole nitrogens is 1. The maximum absolute atomic E-state index is 12.3. The summed E-state index contributed by atoms with van der Waals surface area (Å²) in [4.78, 5) is 31.3. The second-order valence-electron chi connectivity index (χ2n) is 5.66. The van der Waals surface area contributed by atoms with Gasteiger partial charge in [0.25, 0.3) is 5.56 Å². The lowest BCUT2D eigenvalue weighted by atomic mass is 10.3. The first-order valence-corrected chi connectivity index (χ1v) is 10.5. The molecule has 0 fully saturated rings. The Morgan fingerprint density at radius 2 is 1.96 bits per heavy atom. The standard InChI is InChI=1S/C17H20BrN3O2S2/c1-10(2)24-9-14-8-15(22)21-17(20-14)25-11(3)16(23)19-13-6-4-12(18)5-7-13/h4-8,10-11H,9H2,1-3H3,(H,19,23)(H,20,21,22). The van der Waals surface area contributed by atoms with Crippen molar-refractivity contribution >= 4 is 51.0 Å². The summed E-state index contributed by atoms with van der Waals surface area (Å²) in [7, 11) is 0. The van der Waals surface area contributed by atoms with Crippen molar-refractivity contribution in [1.29, 1.82) is 0 Å². The minimum Gasteiger partial charge on any atom is -0.325 e. The van der Waals surface area contributed by atoms with E-state index in [4.69, 9.17) is 0 Å². The van der Waals surface area contributed by atoms with E-state index in [0.29, 0.717) is 16.2 Å². The number of thioether (sulfide) groups is 2. The van der Waals surface area contributed by atoms with E-state index in [0.717, 1.165) is 15.9 Å². The summed E-state index contributed by atoms with van der Waals surface area (Å²) in [6.07, 6.45) is 0. The molecule has 1 amide bonds. The third-order valence-electron chi connectivity index (χ3n) is 3.11. The normalized spacial score (nSPS) is 12.2. The predicted octanol–water partition coefficient (Wildman–Crippen LogP) is 4.29. The van der Waals surface area contributed by atoms with Gasteiger partial charge in [0.05, 0.1) is 10.9 Å². The lowest BCUT2D eigenvalue weighted by molar-refractivity contribution is -0.115. The lowest BCUT2D eigenvalue weighted by Gasteiger charge is -2.12. The van der Waals surface area contributed by atoms with Gasteiger partial charge in [0.2, 0.25) is 5.91 Å². The Morgan fingerprint density at radius 3 is 2.60 bits per heavy atom. The minimum absolute atomic E-state index is 0.142. The molecule has 0 saturated heterocycles. The minimum atomic E-state index is -0.389. The number of rotatable bonds is 7. The molecule has 1 atom stereocenters. The van der Waals surface area contributed by atoms with Crippen LogP contribution in [0.15, 0.2) is 44.8 Å². The molecule has 1 aromatic carbocycles. The Morgan fingerprint density at radius 1 is 1.28 bits per heavy atom. The first-order valence-electron chi connectivity index (χ1n) is 7.78. The molecule has 1 aromatic heterocycles. The Labute approximate surface area is 163 Å². The van der Waals surface area contributed by atoms with Gasteiger partial charge in [0, 0.05) is 22.0 Å². The molecule has 0 aliphatic rings. The fraction of sp³-hybridized carbons (Fsp3) is 0.353. The second kappa shape index (κ2) is 9.45. The molecular formula is C17H20BrN3O2S2. The van der Waals surface area contributed by atoms with Gasteiger partial charge in [-0.25, -0.2) is 4.98 Å².